The Morgan fingerprint density at radius 1 is 0.625 bits per heavy atom. The minimum atomic E-state index is -5.04. The molecule has 0 saturated carbocycles. The third-order valence-corrected chi connectivity index (χ3v) is 7.26. The molecule has 0 spiro atoms. The molecule has 2 aromatic rings. The Bertz CT molecular complexity index is 919. The van der Waals surface area contributed by atoms with Gasteiger partial charge in [-0.1, -0.05) is 36.4 Å². The van der Waals surface area contributed by atoms with E-state index in [2.05, 4.69) is 0 Å². The fourth-order valence-electron chi connectivity index (χ4n) is 3.69. The first kappa shape index (κ1) is 27.1. The van der Waals surface area contributed by atoms with E-state index in [1.165, 1.54) is 24.3 Å². The van der Waals surface area contributed by atoms with Crippen LogP contribution >= 0.6 is 15.2 Å². The van der Waals surface area contributed by atoms with Crippen LogP contribution < -0.4 is 0 Å². The van der Waals surface area contributed by atoms with Crippen molar-refractivity contribution in [2.75, 3.05) is 26.4 Å². The predicted molar refractivity (Wildman–Crippen MR) is 118 cm³/mol. The van der Waals surface area contributed by atoms with Gasteiger partial charge in [0.05, 0.1) is 0 Å². The van der Waals surface area contributed by atoms with E-state index in [0.29, 0.717) is 0 Å². The second-order valence-corrected chi connectivity index (χ2v) is 10.0. The van der Waals surface area contributed by atoms with Crippen molar-refractivity contribution in [3.05, 3.63) is 47.5 Å². The molecule has 12 heteroatoms. The van der Waals surface area contributed by atoms with Crippen LogP contribution in [0.25, 0.3) is 10.8 Å². The van der Waals surface area contributed by atoms with Gasteiger partial charge in [0.15, 0.2) is 0 Å². The zero-order valence-electron chi connectivity index (χ0n) is 18.4. The van der Waals surface area contributed by atoms with Crippen molar-refractivity contribution < 1.29 is 47.7 Å². The van der Waals surface area contributed by atoms with E-state index in [1.54, 1.807) is 39.8 Å². The summed E-state index contributed by atoms with van der Waals surface area (Å²) in [5.74, 6) is 0. The van der Waals surface area contributed by atoms with Gasteiger partial charge >= 0.3 is 26.2 Å². The zero-order chi connectivity index (χ0) is 24.2. The Kier molecular flexibility index (Phi) is 8.81. The van der Waals surface area contributed by atoms with Crippen LogP contribution in [0.2, 0.25) is 0 Å². The predicted octanol–water partition coefficient (Wildman–Crippen LogP) is 3.56. The molecule has 0 unspecified atom stereocenters. The second kappa shape index (κ2) is 10.4. The molecule has 0 radical (unpaired) electrons. The minimum Gasteiger partial charge on any atom is -0.337 e. The fraction of sp³-hybridized carbons (Fsp3) is 0.500. The van der Waals surface area contributed by atoms with Crippen LogP contribution in [0, 0.1) is 0 Å². The van der Waals surface area contributed by atoms with Crippen molar-refractivity contribution in [1.82, 2.24) is 0 Å². The van der Waals surface area contributed by atoms with Crippen LogP contribution in [-0.2, 0) is 39.1 Å². The van der Waals surface area contributed by atoms with Crippen molar-refractivity contribution in [2.24, 2.45) is 0 Å². The van der Waals surface area contributed by atoms with Crippen LogP contribution in [0.3, 0.4) is 0 Å². The summed E-state index contributed by atoms with van der Waals surface area (Å²) in [5, 5.41) is 0.514. The molecular weight excluding hydrogens is 462 g/mol. The van der Waals surface area contributed by atoms with Crippen LogP contribution in [0.15, 0.2) is 36.4 Å². The van der Waals surface area contributed by atoms with E-state index >= 15 is 0 Å². The standard InChI is InChI=1S/C20H30O10P2/c1-5-27-19(28-6-2,31(21,22)23)17-13-9-12-16-15(17)11-10-14-18(16)20(29-7-3,30-8-4)32(24,25)26/h9-14H,5-8H2,1-4H3,(H2,21,22,23)(H2,24,25,26). The lowest BCUT2D eigenvalue weighted by molar-refractivity contribution is -0.192. The van der Waals surface area contributed by atoms with Gasteiger partial charge in [-0.15, -0.1) is 0 Å². The maximum Gasteiger partial charge on any atom is 0.389 e. The first-order valence-corrected chi connectivity index (χ1v) is 13.4. The molecular formula is C20H30O10P2. The molecule has 32 heavy (non-hydrogen) atoms. The van der Waals surface area contributed by atoms with E-state index in [9.17, 15) is 28.7 Å². The molecule has 0 aliphatic heterocycles. The average molecular weight is 492 g/mol. The third kappa shape index (κ3) is 4.72. The molecule has 10 nitrogen and oxygen atoms in total. The minimum absolute atomic E-state index is 0.0153. The van der Waals surface area contributed by atoms with Crippen molar-refractivity contribution >= 4 is 26.0 Å². The molecule has 0 atom stereocenters. The highest BCUT2D eigenvalue weighted by Gasteiger charge is 2.54. The van der Waals surface area contributed by atoms with Crippen molar-refractivity contribution in [3.8, 4) is 0 Å². The highest BCUT2D eigenvalue weighted by molar-refractivity contribution is 7.53. The van der Waals surface area contributed by atoms with Gasteiger partial charge < -0.3 is 38.5 Å². The summed E-state index contributed by atoms with van der Waals surface area (Å²) in [7, 11) is -10.1. The van der Waals surface area contributed by atoms with E-state index in [0.717, 1.165) is 0 Å². The Labute approximate surface area is 186 Å². The van der Waals surface area contributed by atoms with Crippen LogP contribution in [-0.4, -0.2) is 46.0 Å². The average Bonchev–Trinajstić information content (AvgIpc) is 2.70. The summed E-state index contributed by atoms with van der Waals surface area (Å²) in [6.07, 6.45) is 0. The van der Waals surface area contributed by atoms with Gasteiger partial charge in [-0.3, -0.25) is 9.13 Å². The molecule has 2 aromatic carbocycles. The van der Waals surface area contributed by atoms with E-state index < -0.39 is 26.2 Å². The SMILES string of the molecule is CCOC(OCC)(c1cccc2c(C(OCC)(OCC)P(=O)(O)O)cccc12)P(=O)(O)O. The number of rotatable bonds is 12. The largest absolute Gasteiger partial charge is 0.389 e. The van der Waals surface area contributed by atoms with Crippen LogP contribution in [0.1, 0.15) is 38.8 Å². The van der Waals surface area contributed by atoms with E-state index in [-0.39, 0.29) is 48.3 Å². The Balaban J connectivity index is 2.99. The molecule has 0 amide bonds. The molecule has 180 valence electrons. The summed E-state index contributed by atoms with van der Waals surface area (Å²) < 4.78 is 47.2. The van der Waals surface area contributed by atoms with Crippen LogP contribution in [0.5, 0.6) is 0 Å². The van der Waals surface area contributed by atoms with E-state index in [1.807, 2.05) is 0 Å². The van der Waals surface area contributed by atoms with Crippen molar-refractivity contribution in [3.63, 3.8) is 0 Å². The van der Waals surface area contributed by atoms with Gasteiger partial charge in [0.2, 0.25) is 0 Å². The van der Waals surface area contributed by atoms with Crippen molar-refractivity contribution in [1.29, 1.82) is 0 Å². The summed E-state index contributed by atoms with van der Waals surface area (Å²) in [6, 6.07) is 8.98. The number of fused-ring (bicyclic) bond motifs is 1. The highest BCUT2D eigenvalue weighted by Crippen LogP contribution is 2.62. The smallest absolute Gasteiger partial charge is 0.337 e. The fourth-order valence-corrected chi connectivity index (χ4v) is 5.89. The Morgan fingerprint density at radius 2 is 0.906 bits per heavy atom. The van der Waals surface area contributed by atoms with Crippen molar-refractivity contribution in [2.45, 2.75) is 38.8 Å². The maximum absolute atomic E-state index is 12.6. The summed E-state index contributed by atoms with van der Waals surface area (Å²) in [6.45, 7) is 6.03. The lowest BCUT2D eigenvalue weighted by Crippen LogP contribution is -2.35. The first-order chi connectivity index (χ1) is 15.0. The number of hydrogen-bond donors (Lipinski definition) is 4. The molecule has 0 heterocycles. The number of benzene rings is 2. The molecule has 0 aliphatic carbocycles. The summed E-state index contributed by atoms with van der Waals surface area (Å²) >= 11 is 0. The lowest BCUT2D eigenvalue weighted by atomic mass is 9.98. The van der Waals surface area contributed by atoms with Gasteiger partial charge in [0.1, 0.15) is 0 Å². The zero-order valence-corrected chi connectivity index (χ0v) is 20.2. The Morgan fingerprint density at radius 3 is 1.12 bits per heavy atom. The molecule has 0 fully saturated rings. The molecule has 0 aromatic heterocycles. The molecule has 0 saturated heterocycles. The van der Waals surface area contributed by atoms with E-state index in [4.69, 9.17) is 18.9 Å². The van der Waals surface area contributed by atoms with Crippen LogP contribution in [0.4, 0.5) is 0 Å². The molecule has 4 N–H and O–H groups in total. The monoisotopic (exact) mass is 492 g/mol. The topological polar surface area (TPSA) is 152 Å². The maximum atomic E-state index is 12.6. The lowest BCUT2D eigenvalue weighted by Gasteiger charge is -2.36. The quantitative estimate of drug-likeness (QED) is 0.256. The second-order valence-electron chi connectivity index (χ2n) is 6.69. The Hall–Kier alpha value is -1.16. The summed E-state index contributed by atoms with van der Waals surface area (Å²) in [5.41, 5.74) is -4.78. The normalized spacial score (nSPS) is 13.6. The van der Waals surface area contributed by atoms with Gasteiger partial charge in [-0.25, -0.2) is 0 Å². The highest BCUT2D eigenvalue weighted by atomic mass is 31.2. The van der Waals surface area contributed by atoms with Gasteiger partial charge in [-0.05, 0) is 38.5 Å². The number of ether oxygens (including phenoxy) is 4. The summed E-state index contributed by atoms with van der Waals surface area (Å²) in [4.78, 5) is 40.9. The molecule has 0 aliphatic rings. The third-order valence-electron chi connectivity index (χ3n) is 4.73. The molecule has 0 bridgehead atoms. The van der Waals surface area contributed by atoms with Gasteiger partial charge in [0, 0.05) is 37.6 Å². The number of hydrogen-bond acceptors (Lipinski definition) is 6. The van der Waals surface area contributed by atoms with Gasteiger partial charge in [-0.2, -0.15) is 0 Å². The van der Waals surface area contributed by atoms with Gasteiger partial charge in [0.25, 0.3) is 0 Å². The first-order valence-electron chi connectivity index (χ1n) is 10.2. The molecule has 2 rings (SSSR count).